The number of aromatic nitrogens is 2. The van der Waals surface area contributed by atoms with Gasteiger partial charge in [0.25, 0.3) is 11.8 Å². The van der Waals surface area contributed by atoms with Crippen LogP contribution in [0.1, 0.15) is 77.6 Å². The Kier molecular flexibility index (Phi) is 10.1. The first-order valence-electron chi connectivity index (χ1n) is 16.6. The number of imide groups is 2. The molecule has 0 radical (unpaired) electrons. The third kappa shape index (κ3) is 7.44. The minimum absolute atomic E-state index is 0.0795. The fraction of sp³-hybridized carbons (Fsp3) is 0.316. The molecule has 1 fully saturated rings. The van der Waals surface area contributed by atoms with Crippen molar-refractivity contribution in [3.05, 3.63) is 107 Å². The highest BCUT2D eigenvalue weighted by Crippen LogP contribution is 2.34. The second-order valence-corrected chi connectivity index (χ2v) is 12.6. The van der Waals surface area contributed by atoms with Gasteiger partial charge in [-0.15, -0.1) is 0 Å². The van der Waals surface area contributed by atoms with Crippen LogP contribution in [-0.4, -0.2) is 64.3 Å². The van der Waals surface area contributed by atoms with E-state index in [4.69, 9.17) is 14.2 Å². The van der Waals surface area contributed by atoms with Gasteiger partial charge in [0.1, 0.15) is 24.1 Å². The molecular weight excluding hydrogens is 638 g/mol. The third-order valence-electron chi connectivity index (χ3n) is 8.86. The lowest BCUT2D eigenvalue weighted by molar-refractivity contribution is -0.136. The zero-order valence-corrected chi connectivity index (χ0v) is 28.2. The Morgan fingerprint density at radius 1 is 0.860 bits per heavy atom. The molecule has 12 nitrogen and oxygen atoms in total. The number of carbonyl (C=O) groups excluding carboxylic acids is 4. The molecule has 3 heterocycles. The predicted octanol–water partition coefficient (Wildman–Crippen LogP) is 5.06. The molecule has 4 aromatic rings. The number of hydrogen-bond acceptors (Lipinski definition) is 10. The van der Waals surface area contributed by atoms with Crippen molar-refractivity contribution < 1.29 is 33.4 Å². The molecule has 12 heteroatoms. The van der Waals surface area contributed by atoms with E-state index in [1.807, 2.05) is 31.2 Å². The summed E-state index contributed by atoms with van der Waals surface area (Å²) >= 11 is 0. The molecule has 2 aliphatic heterocycles. The normalized spacial score (nSPS) is 15.8. The average Bonchev–Trinajstić information content (AvgIpc) is 3.36. The van der Waals surface area contributed by atoms with Crippen molar-refractivity contribution in [2.45, 2.75) is 58.1 Å². The summed E-state index contributed by atoms with van der Waals surface area (Å²) < 4.78 is 17.3. The second kappa shape index (κ2) is 14.8. The van der Waals surface area contributed by atoms with Crippen molar-refractivity contribution in [2.24, 2.45) is 0 Å². The van der Waals surface area contributed by atoms with Crippen LogP contribution in [0.3, 0.4) is 0 Å². The van der Waals surface area contributed by atoms with E-state index < -0.39 is 29.7 Å². The fourth-order valence-corrected chi connectivity index (χ4v) is 5.99. The first-order valence-corrected chi connectivity index (χ1v) is 16.6. The number of carbonyl (C=O) groups is 4. The number of rotatable bonds is 14. The summed E-state index contributed by atoms with van der Waals surface area (Å²) in [7, 11) is 0. The van der Waals surface area contributed by atoms with E-state index in [-0.39, 0.29) is 29.4 Å². The minimum atomic E-state index is -0.988. The van der Waals surface area contributed by atoms with E-state index in [1.54, 1.807) is 30.5 Å². The molecule has 50 heavy (non-hydrogen) atoms. The molecule has 1 unspecified atom stereocenters. The van der Waals surface area contributed by atoms with Gasteiger partial charge in [-0.1, -0.05) is 38.1 Å². The van der Waals surface area contributed by atoms with Gasteiger partial charge in [-0.05, 0) is 79.4 Å². The quantitative estimate of drug-likeness (QED) is 0.137. The van der Waals surface area contributed by atoms with Crippen LogP contribution in [0.15, 0.2) is 79.0 Å². The summed E-state index contributed by atoms with van der Waals surface area (Å²) in [6, 6.07) is 22.3. The molecule has 1 saturated heterocycles. The van der Waals surface area contributed by atoms with Crippen LogP contribution in [0.25, 0.3) is 0 Å². The summed E-state index contributed by atoms with van der Waals surface area (Å²) in [5.74, 6) is -0.577. The van der Waals surface area contributed by atoms with Gasteiger partial charge in [-0.2, -0.15) is 4.98 Å². The van der Waals surface area contributed by atoms with Gasteiger partial charge in [0.05, 0.1) is 30.0 Å². The summed E-state index contributed by atoms with van der Waals surface area (Å²) in [4.78, 5) is 59.2. The number of nitrogens with one attached hydrogen (secondary N) is 2. The molecular formula is C38H39N5O7. The predicted molar refractivity (Wildman–Crippen MR) is 184 cm³/mol. The van der Waals surface area contributed by atoms with Gasteiger partial charge in [0.15, 0.2) is 0 Å². The Morgan fingerprint density at radius 3 is 2.22 bits per heavy atom. The molecule has 4 amide bonds. The van der Waals surface area contributed by atoms with Crippen molar-refractivity contribution in [1.29, 1.82) is 0 Å². The summed E-state index contributed by atoms with van der Waals surface area (Å²) in [5.41, 5.74) is 3.95. The van der Waals surface area contributed by atoms with Gasteiger partial charge in [0, 0.05) is 30.3 Å². The van der Waals surface area contributed by atoms with E-state index in [0.29, 0.717) is 44.5 Å². The molecule has 0 bridgehead atoms. The van der Waals surface area contributed by atoms with Crippen LogP contribution >= 0.6 is 0 Å². The smallest absolute Gasteiger partial charge is 0.316 e. The maximum absolute atomic E-state index is 13.1. The largest absolute Gasteiger partial charge is 0.494 e. The Bertz CT molecular complexity index is 1890. The Balaban J connectivity index is 0.960. The van der Waals surface area contributed by atoms with Crippen LogP contribution in [0.5, 0.6) is 17.5 Å². The standard InChI is InChI=1S/C38H39N5O7/c1-4-48-37-40-20-18-27(41-37)23-50-29-13-8-25(9-14-29)38(2,3)24-6-11-28(12-7-24)49-21-5-19-39-26-10-15-30-31(22-26)36(47)43(35(30)46)32-16-17-33(44)42-34(32)45/h6-15,18,20,22,32,39H,4-5,16-17,19,21,23H2,1-3H3,(H,42,44,45). The number of piperidine rings is 1. The third-order valence-corrected chi connectivity index (χ3v) is 8.86. The summed E-state index contributed by atoms with van der Waals surface area (Å²) in [6.07, 6.45) is 2.55. The molecule has 0 aliphatic carbocycles. The van der Waals surface area contributed by atoms with Gasteiger partial charge < -0.3 is 19.5 Å². The van der Waals surface area contributed by atoms with E-state index in [9.17, 15) is 19.2 Å². The highest BCUT2D eigenvalue weighted by molar-refractivity contribution is 6.23. The molecule has 6 rings (SSSR count). The lowest BCUT2D eigenvalue weighted by atomic mass is 9.78. The summed E-state index contributed by atoms with van der Waals surface area (Å²) in [6.45, 7) is 8.11. The van der Waals surface area contributed by atoms with Crippen molar-refractivity contribution in [3.8, 4) is 17.5 Å². The fourth-order valence-electron chi connectivity index (χ4n) is 5.99. The Morgan fingerprint density at radius 2 is 1.54 bits per heavy atom. The van der Waals surface area contributed by atoms with Crippen molar-refractivity contribution in [2.75, 3.05) is 25.1 Å². The first-order chi connectivity index (χ1) is 24.1. The van der Waals surface area contributed by atoms with Crippen molar-refractivity contribution >= 4 is 29.3 Å². The zero-order chi connectivity index (χ0) is 35.3. The number of anilines is 1. The van der Waals surface area contributed by atoms with Crippen LogP contribution < -0.4 is 24.8 Å². The van der Waals surface area contributed by atoms with Crippen LogP contribution in [-0.2, 0) is 21.6 Å². The lowest BCUT2D eigenvalue weighted by Gasteiger charge is -2.27. The van der Waals surface area contributed by atoms with E-state index in [2.05, 4.69) is 58.7 Å². The Hall–Kier alpha value is -5.78. The molecule has 1 aromatic heterocycles. The van der Waals surface area contributed by atoms with Crippen LogP contribution in [0.4, 0.5) is 5.69 Å². The second-order valence-electron chi connectivity index (χ2n) is 12.6. The maximum atomic E-state index is 13.1. The topological polar surface area (TPSA) is 149 Å². The Labute approximate surface area is 290 Å². The van der Waals surface area contributed by atoms with Gasteiger partial charge in [-0.3, -0.25) is 29.4 Å². The molecule has 0 saturated carbocycles. The number of fused-ring (bicyclic) bond motifs is 1. The number of amides is 4. The van der Waals surface area contributed by atoms with Crippen LogP contribution in [0.2, 0.25) is 0 Å². The van der Waals surface area contributed by atoms with Crippen LogP contribution in [0, 0.1) is 0 Å². The maximum Gasteiger partial charge on any atom is 0.316 e. The van der Waals surface area contributed by atoms with Crippen molar-refractivity contribution in [1.82, 2.24) is 20.2 Å². The number of nitrogens with zero attached hydrogens (tertiary/aromatic N) is 3. The number of hydrogen-bond donors (Lipinski definition) is 2. The van der Waals surface area contributed by atoms with E-state index in [0.717, 1.165) is 33.2 Å². The number of ether oxygens (including phenoxy) is 3. The highest BCUT2D eigenvalue weighted by atomic mass is 16.5. The molecule has 258 valence electrons. The zero-order valence-electron chi connectivity index (χ0n) is 28.2. The van der Waals surface area contributed by atoms with Crippen molar-refractivity contribution in [3.63, 3.8) is 0 Å². The monoisotopic (exact) mass is 677 g/mol. The molecule has 0 spiro atoms. The minimum Gasteiger partial charge on any atom is -0.494 e. The molecule has 2 aliphatic rings. The number of benzene rings is 3. The highest BCUT2D eigenvalue weighted by Gasteiger charge is 2.44. The summed E-state index contributed by atoms with van der Waals surface area (Å²) in [5, 5.41) is 5.48. The molecule has 3 aromatic carbocycles. The first kappa shape index (κ1) is 34.1. The van der Waals surface area contributed by atoms with E-state index >= 15 is 0 Å². The lowest BCUT2D eigenvalue weighted by Crippen LogP contribution is -2.54. The van der Waals surface area contributed by atoms with Gasteiger partial charge in [0.2, 0.25) is 11.8 Å². The molecule has 2 N–H and O–H groups in total. The van der Waals surface area contributed by atoms with Gasteiger partial charge >= 0.3 is 6.01 Å². The van der Waals surface area contributed by atoms with Gasteiger partial charge in [-0.25, -0.2) is 4.98 Å². The van der Waals surface area contributed by atoms with E-state index in [1.165, 1.54) is 0 Å². The SMILES string of the molecule is CCOc1nccc(COc2ccc(C(C)(C)c3ccc(OCCCNc4ccc5c(c4)C(=O)N(C4CCC(=O)NC4=O)C5=O)cc3)cc2)n1. The average molecular weight is 678 g/mol. The molecule has 1 atom stereocenters.